The number of aromatic nitrogens is 3. The van der Waals surface area contributed by atoms with Gasteiger partial charge >= 0.3 is 0 Å². The Labute approximate surface area is 140 Å². The van der Waals surface area contributed by atoms with Crippen molar-refractivity contribution in [3.8, 4) is 11.3 Å². The normalized spacial score (nSPS) is 14.1. The zero-order chi connectivity index (χ0) is 16.7. The topological polar surface area (TPSA) is 59.8 Å². The molecule has 5 nitrogen and oxygen atoms in total. The molecule has 2 heterocycles. The van der Waals surface area contributed by atoms with Crippen LogP contribution in [0.15, 0.2) is 36.4 Å². The van der Waals surface area contributed by atoms with Gasteiger partial charge in [0.15, 0.2) is 5.65 Å². The molecule has 0 saturated heterocycles. The van der Waals surface area contributed by atoms with E-state index >= 15 is 0 Å². The van der Waals surface area contributed by atoms with Crippen molar-refractivity contribution in [2.24, 2.45) is 13.0 Å². The lowest BCUT2D eigenvalue weighted by molar-refractivity contribution is 0.0953. The number of fused-ring (bicyclic) bond motifs is 1. The van der Waals surface area contributed by atoms with E-state index in [2.05, 4.69) is 10.4 Å². The second-order valence-corrected chi connectivity index (χ2v) is 6.48. The van der Waals surface area contributed by atoms with Gasteiger partial charge in [0.25, 0.3) is 5.91 Å². The van der Waals surface area contributed by atoms with Crippen molar-refractivity contribution in [3.63, 3.8) is 0 Å². The summed E-state index contributed by atoms with van der Waals surface area (Å²) in [6.45, 7) is 2.67. The lowest BCUT2D eigenvalue weighted by atomic mass is 10.0. The van der Waals surface area contributed by atoms with Crippen LogP contribution in [0.25, 0.3) is 22.3 Å². The summed E-state index contributed by atoms with van der Waals surface area (Å²) in [6.07, 6.45) is 2.43. The number of hydrogen-bond acceptors (Lipinski definition) is 3. The predicted octanol–water partition coefficient (Wildman–Crippen LogP) is 3.08. The Hall–Kier alpha value is -2.69. The van der Waals surface area contributed by atoms with Crippen molar-refractivity contribution in [2.45, 2.75) is 19.8 Å². The predicted molar refractivity (Wildman–Crippen MR) is 93.7 cm³/mol. The van der Waals surface area contributed by atoms with E-state index in [0.717, 1.165) is 34.5 Å². The van der Waals surface area contributed by atoms with Gasteiger partial charge in [-0.05, 0) is 31.7 Å². The molecule has 122 valence electrons. The van der Waals surface area contributed by atoms with Crippen LogP contribution in [-0.4, -0.2) is 27.2 Å². The van der Waals surface area contributed by atoms with Crippen LogP contribution in [0.4, 0.5) is 0 Å². The smallest absolute Gasteiger partial charge is 0.252 e. The Morgan fingerprint density at radius 3 is 2.75 bits per heavy atom. The maximum absolute atomic E-state index is 12.8. The fourth-order valence-corrected chi connectivity index (χ4v) is 3.03. The number of carbonyl (C=O) groups is 1. The van der Waals surface area contributed by atoms with E-state index in [1.807, 2.05) is 50.4 Å². The Bertz CT molecular complexity index is 910. The summed E-state index contributed by atoms with van der Waals surface area (Å²) < 4.78 is 1.74. The Morgan fingerprint density at radius 2 is 2.04 bits per heavy atom. The molecule has 0 unspecified atom stereocenters. The molecule has 5 heteroatoms. The van der Waals surface area contributed by atoms with Crippen LogP contribution in [-0.2, 0) is 7.05 Å². The first kappa shape index (κ1) is 14.9. The molecule has 0 spiro atoms. The molecular formula is C19H20N4O. The third kappa shape index (κ3) is 2.66. The molecule has 1 saturated carbocycles. The van der Waals surface area contributed by atoms with Gasteiger partial charge in [-0.3, -0.25) is 9.48 Å². The summed E-state index contributed by atoms with van der Waals surface area (Å²) in [5.74, 6) is 0.609. The molecule has 1 aromatic carbocycles. The van der Waals surface area contributed by atoms with Crippen molar-refractivity contribution in [2.75, 3.05) is 6.54 Å². The van der Waals surface area contributed by atoms with E-state index < -0.39 is 0 Å². The number of carbonyl (C=O) groups excluding carboxylic acids is 1. The second kappa shape index (κ2) is 5.74. The minimum atomic E-state index is -0.0393. The molecule has 0 bridgehead atoms. The summed E-state index contributed by atoms with van der Waals surface area (Å²) in [7, 11) is 1.86. The summed E-state index contributed by atoms with van der Waals surface area (Å²) in [5, 5.41) is 8.35. The van der Waals surface area contributed by atoms with Gasteiger partial charge in [-0.15, -0.1) is 0 Å². The van der Waals surface area contributed by atoms with E-state index in [-0.39, 0.29) is 5.91 Å². The van der Waals surface area contributed by atoms with Crippen LogP contribution in [0, 0.1) is 12.8 Å². The van der Waals surface area contributed by atoms with Crippen LogP contribution in [0.5, 0.6) is 0 Å². The summed E-state index contributed by atoms with van der Waals surface area (Å²) in [6, 6.07) is 11.8. The van der Waals surface area contributed by atoms with Gasteiger partial charge in [0.2, 0.25) is 0 Å². The van der Waals surface area contributed by atoms with Crippen LogP contribution in [0.2, 0.25) is 0 Å². The monoisotopic (exact) mass is 320 g/mol. The molecule has 0 radical (unpaired) electrons. The van der Waals surface area contributed by atoms with Crippen LogP contribution < -0.4 is 5.32 Å². The van der Waals surface area contributed by atoms with Crippen LogP contribution >= 0.6 is 0 Å². The molecule has 1 aliphatic carbocycles. The average Bonchev–Trinajstić information content (AvgIpc) is 3.39. The summed E-state index contributed by atoms with van der Waals surface area (Å²) in [4.78, 5) is 17.5. The minimum Gasteiger partial charge on any atom is -0.352 e. The lowest BCUT2D eigenvalue weighted by Crippen LogP contribution is -2.26. The highest BCUT2D eigenvalue weighted by Gasteiger charge is 2.24. The van der Waals surface area contributed by atoms with Crippen LogP contribution in [0.3, 0.4) is 0 Å². The molecule has 0 aliphatic heterocycles. The molecule has 3 aromatic rings. The highest BCUT2D eigenvalue weighted by Crippen LogP contribution is 2.29. The van der Waals surface area contributed by atoms with Crippen LogP contribution in [0.1, 0.15) is 28.9 Å². The zero-order valence-electron chi connectivity index (χ0n) is 13.9. The molecule has 4 rings (SSSR count). The highest BCUT2D eigenvalue weighted by molar-refractivity contribution is 6.07. The van der Waals surface area contributed by atoms with Gasteiger partial charge < -0.3 is 5.32 Å². The first-order chi connectivity index (χ1) is 11.6. The van der Waals surface area contributed by atoms with Crippen molar-refractivity contribution in [1.29, 1.82) is 0 Å². The third-order valence-electron chi connectivity index (χ3n) is 4.53. The van der Waals surface area contributed by atoms with Gasteiger partial charge in [-0.25, -0.2) is 4.98 Å². The van der Waals surface area contributed by atoms with Crippen molar-refractivity contribution in [1.82, 2.24) is 20.1 Å². The number of hydrogen-bond donors (Lipinski definition) is 1. The maximum Gasteiger partial charge on any atom is 0.252 e. The third-order valence-corrected chi connectivity index (χ3v) is 4.53. The zero-order valence-corrected chi connectivity index (χ0v) is 13.9. The van der Waals surface area contributed by atoms with Gasteiger partial charge in [0, 0.05) is 19.2 Å². The Balaban J connectivity index is 1.84. The van der Waals surface area contributed by atoms with E-state index in [0.29, 0.717) is 11.5 Å². The number of aryl methyl sites for hydroxylation is 2. The molecule has 0 atom stereocenters. The first-order valence-electron chi connectivity index (χ1n) is 8.31. The molecule has 24 heavy (non-hydrogen) atoms. The van der Waals surface area contributed by atoms with Gasteiger partial charge in [0.05, 0.1) is 22.3 Å². The Morgan fingerprint density at radius 1 is 1.29 bits per heavy atom. The van der Waals surface area contributed by atoms with E-state index in [4.69, 9.17) is 4.98 Å². The number of pyridine rings is 1. The number of rotatable bonds is 4. The number of amides is 1. The second-order valence-electron chi connectivity index (χ2n) is 6.48. The molecule has 1 fully saturated rings. The number of benzene rings is 1. The van der Waals surface area contributed by atoms with Crippen molar-refractivity contribution in [3.05, 3.63) is 47.7 Å². The molecule has 1 aliphatic rings. The largest absolute Gasteiger partial charge is 0.352 e. The van der Waals surface area contributed by atoms with Gasteiger partial charge in [0.1, 0.15) is 0 Å². The van der Waals surface area contributed by atoms with Crippen molar-refractivity contribution < 1.29 is 4.79 Å². The van der Waals surface area contributed by atoms with Crippen molar-refractivity contribution >= 4 is 16.9 Å². The molecule has 1 amide bonds. The molecule has 1 N–H and O–H groups in total. The molecule has 2 aromatic heterocycles. The summed E-state index contributed by atoms with van der Waals surface area (Å²) >= 11 is 0. The Kier molecular flexibility index (Phi) is 3.56. The van der Waals surface area contributed by atoms with Gasteiger partial charge in [-0.2, -0.15) is 5.10 Å². The quantitative estimate of drug-likeness (QED) is 0.803. The number of nitrogens with zero attached hydrogens (tertiary/aromatic N) is 3. The highest BCUT2D eigenvalue weighted by atomic mass is 16.1. The molecular weight excluding hydrogens is 300 g/mol. The SMILES string of the molecule is Cc1nn(C)c2nc(-c3ccccc3)cc(C(=O)NCC3CC3)c12. The number of nitrogens with one attached hydrogen (secondary N) is 1. The average molecular weight is 320 g/mol. The lowest BCUT2D eigenvalue weighted by Gasteiger charge is -2.09. The van der Waals surface area contributed by atoms with E-state index in [1.165, 1.54) is 12.8 Å². The van der Waals surface area contributed by atoms with Gasteiger partial charge in [-0.1, -0.05) is 30.3 Å². The maximum atomic E-state index is 12.8. The van der Waals surface area contributed by atoms with E-state index in [9.17, 15) is 4.79 Å². The fourth-order valence-electron chi connectivity index (χ4n) is 3.03. The summed E-state index contributed by atoms with van der Waals surface area (Å²) in [5.41, 5.74) is 4.02. The fraction of sp³-hybridized carbons (Fsp3) is 0.316. The first-order valence-corrected chi connectivity index (χ1v) is 8.31. The standard InChI is InChI=1S/C19H20N4O/c1-12-17-15(19(24)20-11-13-8-9-13)10-16(14-6-4-3-5-7-14)21-18(17)23(2)22-12/h3-7,10,13H,8-9,11H2,1-2H3,(H,20,24). The van der Waals surface area contributed by atoms with E-state index in [1.54, 1.807) is 4.68 Å². The minimum absolute atomic E-state index is 0.0393.